The summed E-state index contributed by atoms with van der Waals surface area (Å²) >= 11 is 1.44. The first-order chi connectivity index (χ1) is 12.6. The van der Waals surface area contributed by atoms with Crippen LogP contribution in [-0.4, -0.2) is 29.1 Å². The van der Waals surface area contributed by atoms with E-state index in [9.17, 15) is 4.79 Å². The molecule has 1 atom stereocenters. The van der Waals surface area contributed by atoms with E-state index in [1.807, 2.05) is 30.0 Å². The average molecular weight is 371 g/mol. The molecule has 0 bridgehead atoms. The van der Waals surface area contributed by atoms with Crippen molar-refractivity contribution in [3.63, 3.8) is 0 Å². The predicted molar refractivity (Wildman–Crippen MR) is 101 cm³/mol. The number of carbonyl (C=O) groups excluding carboxylic acids is 1. The highest BCUT2D eigenvalue weighted by Gasteiger charge is 2.35. The first-order valence-corrected chi connectivity index (χ1v) is 9.45. The number of aryl methyl sites for hydroxylation is 1. The minimum absolute atomic E-state index is 0.0195. The van der Waals surface area contributed by atoms with Gasteiger partial charge in [-0.05, 0) is 37.1 Å². The molecule has 0 saturated heterocycles. The van der Waals surface area contributed by atoms with Crippen LogP contribution in [0, 0.1) is 6.92 Å². The Bertz CT molecular complexity index is 949. The van der Waals surface area contributed by atoms with E-state index in [1.54, 1.807) is 13.4 Å². The van der Waals surface area contributed by atoms with Crippen molar-refractivity contribution < 1.29 is 13.9 Å². The van der Waals surface area contributed by atoms with Gasteiger partial charge in [-0.15, -0.1) is 11.3 Å². The van der Waals surface area contributed by atoms with Crippen molar-refractivity contribution in [3.8, 4) is 0 Å². The van der Waals surface area contributed by atoms with Crippen molar-refractivity contribution in [2.24, 2.45) is 0 Å². The Labute approximate surface area is 155 Å². The highest BCUT2D eigenvalue weighted by Crippen LogP contribution is 2.42. The van der Waals surface area contributed by atoms with Crippen LogP contribution in [0.4, 0.5) is 5.69 Å². The molecule has 0 unspecified atom stereocenters. The van der Waals surface area contributed by atoms with Crippen molar-refractivity contribution in [2.75, 3.05) is 12.4 Å². The molecular formula is C19H21N3O3S. The molecule has 1 aliphatic rings. The Morgan fingerprint density at radius 2 is 2.31 bits per heavy atom. The summed E-state index contributed by atoms with van der Waals surface area (Å²) in [6.07, 6.45) is 2.34. The Morgan fingerprint density at radius 3 is 3.00 bits per heavy atom. The predicted octanol–water partition coefficient (Wildman–Crippen LogP) is 4.15. The van der Waals surface area contributed by atoms with Crippen LogP contribution in [0.1, 0.15) is 40.0 Å². The Morgan fingerprint density at radius 1 is 1.46 bits per heavy atom. The number of methoxy groups -OCH3 is 1. The van der Waals surface area contributed by atoms with Gasteiger partial charge < -0.3 is 19.4 Å². The third kappa shape index (κ3) is 2.77. The molecule has 4 rings (SSSR count). The minimum atomic E-state index is -0.0883. The number of thiophene rings is 1. The molecule has 0 fully saturated rings. The lowest BCUT2D eigenvalue weighted by molar-refractivity contribution is 0.0655. The fourth-order valence-corrected chi connectivity index (χ4v) is 4.65. The summed E-state index contributed by atoms with van der Waals surface area (Å²) in [4.78, 5) is 21.3. The molecule has 1 aliphatic heterocycles. The van der Waals surface area contributed by atoms with Crippen molar-refractivity contribution >= 4 is 33.1 Å². The molecule has 0 saturated carbocycles. The lowest BCUT2D eigenvalue weighted by Crippen LogP contribution is -2.47. The monoisotopic (exact) mass is 371 g/mol. The van der Waals surface area contributed by atoms with Gasteiger partial charge in [0, 0.05) is 18.2 Å². The van der Waals surface area contributed by atoms with E-state index in [1.165, 1.54) is 11.3 Å². The number of nitrogens with one attached hydrogen (secondary N) is 1. The molecule has 7 heteroatoms. The SMILES string of the molecule is CC[C@H]1Nc2c(sc3nc(C)cc(COC)c23)C(=O)N1Cc1ccco1. The van der Waals surface area contributed by atoms with E-state index < -0.39 is 0 Å². The zero-order valence-corrected chi connectivity index (χ0v) is 15.9. The van der Waals surface area contributed by atoms with Gasteiger partial charge in [0.15, 0.2) is 0 Å². The number of fused-ring (bicyclic) bond motifs is 3. The third-order valence-corrected chi connectivity index (χ3v) is 5.68. The number of nitrogens with zero attached hydrogens (tertiary/aromatic N) is 2. The minimum Gasteiger partial charge on any atom is -0.467 e. The quantitative estimate of drug-likeness (QED) is 0.730. The summed E-state index contributed by atoms with van der Waals surface area (Å²) in [5, 5.41) is 4.56. The lowest BCUT2D eigenvalue weighted by atomic mass is 10.1. The molecular weight excluding hydrogens is 350 g/mol. The van der Waals surface area contributed by atoms with Gasteiger partial charge in [0.05, 0.1) is 25.1 Å². The topological polar surface area (TPSA) is 67.6 Å². The van der Waals surface area contributed by atoms with Crippen molar-refractivity contribution in [1.29, 1.82) is 0 Å². The van der Waals surface area contributed by atoms with Crippen LogP contribution in [0.5, 0.6) is 0 Å². The third-order valence-electron chi connectivity index (χ3n) is 4.61. The van der Waals surface area contributed by atoms with Crippen LogP contribution in [-0.2, 0) is 17.9 Å². The number of hydrogen-bond donors (Lipinski definition) is 1. The smallest absolute Gasteiger partial charge is 0.268 e. The highest BCUT2D eigenvalue weighted by molar-refractivity contribution is 7.21. The van der Waals surface area contributed by atoms with Gasteiger partial charge in [-0.25, -0.2) is 4.98 Å². The number of amides is 1. The summed E-state index contributed by atoms with van der Waals surface area (Å²) in [5.41, 5.74) is 2.87. The van der Waals surface area contributed by atoms with Gasteiger partial charge in [0.1, 0.15) is 21.6 Å². The molecule has 1 amide bonds. The van der Waals surface area contributed by atoms with Crippen LogP contribution < -0.4 is 5.32 Å². The van der Waals surface area contributed by atoms with E-state index in [0.717, 1.165) is 39.3 Å². The maximum atomic E-state index is 13.2. The van der Waals surface area contributed by atoms with Crippen molar-refractivity contribution in [2.45, 2.75) is 39.6 Å². The van der Waals surface area contributed by atoms with Crippen LogP contribution in [0.15, 0.2) is 28.9 Å². The van der Waals surface area contributed by atoms with Gasteiger partial charge in [-0.3, -0.25) is 4.79 Å². The largest absolute Gasteiger partial charge is 0.467 e. The second-order valence-electron chi connectivity index (χ2n) is 6.42. The van der Waals surface area contributed by atoms with E-state index in [2.05, 4.69) is 17.2 Å². The maximum absolute atomic E-state index is 13.2. The second-order valence-corrected chi connectivity index (χ2v) is 7.42. The Kier molecular flexibility index (Phi) is 4.42. The molecule has 0 spiro atoms. The van der Waals surface area contributed by atoms with E-state index in [-0.39, 0.29) is 12.1 Å². The number of furan rings is 1. The van der Waals surface area contributed by atoms with E-state index in [0.29, 0.717) is 18.0 Å². The van der Waals surface area contributed by atoms with Gasteiger partial charge in [-0.1, -0.05) is 6.92 Å². The fourth-order valence-electron chi connectivity index (χ4n) is 3.46. The number of ether oxygens (including phenoxy) is 1. The zero-order valence-electron chi connectivity index (χ0n) is 15.0. The standard InChI is InChI=1S/C19H21N3O3S/c1-4-14-21-16-15-12(10-24-3)8-11(2)20-18(15)26-17(16)19(23)22(14)9-13-6-5-7-25-13/h5-8,14,21H,4,9-10H2,1-3H3/t14-/m0/s1. The van der Waals surface area contributed by atoms with Gasteiger partial charge >= 0.3 is 0 Å². The van der Waals surface area contributed by atoms with E-state index >= 15 is 0 Å². The maximum Gasteiger partial charge on any atom is 0.268 e. The summed E-state index contributed by atoms with van der Waals surface area (Å²) < 4.78 is 10.8. The number of anilines is 1. The van der Waals surface area contributed by atoms with Gasteiger partial charge in [-0.2, -0.15) is 0 Å². The van der Waals surface area contributed by atoms with Crippen molar-refractivity contribution in [3.05, 3.63) is 46.4 Å². The van der Waals surface area contributed by atoms with Gasteiger partial charge in [0.25, 0.3) is 5.91 Å². The van der Waals surface area contributed by atoms with Crippen LogP contribution >= 0.6 is 11.3 Å². The molecule has 3 aromatic heterocycles. The Balaban J connectivity index is 1.81. The fraction of sp³-hybridized carbons (Fsp3) is 0.368. The molecule has 3 aromatic rings. The highest BCUT2D eigenvalue weighted by atomic mass is 32.1. The summed E-state index contributed by atoms with van der Waals surface area (Å²) in [6.45, 7) is 4.97. The van der Waals surface area contributed by atoms with Gasteiger partial charge in [0.2, 0.25) is 0 Å². The molecule has 0 aliphatic carbocycles. The van der Waals surface area contributed by atoms with Crippen LogP contribution in [0.25, 0.3) is 10.2 Å². The van der Waals surface area contributed by atoms with Crippen LogP contribution in [0.2, 0.25) is 0 Å². The molecule has 4 heterocycles. The molecule has 1 N–H and O–H groups in total. The summed E-state index contributed by atoms with van der Waals surface area (Å²) in [7, 11) is 1.68. The number of aromatic nitrogens is 1. The number of carbonyl (C=O) groups is 1. The molecule has 0 aromatic carbocycles. The Hall–Kier alpha value is -2.38. The zero-order chi connectivity index (χ0) is 18.3. The molecule has 6 nitrogen and oxygen atoms in total. The normalized spacial score (nSPS) is 16.8. The average Bonchev–Trinajstić information content (AvgIpc) is 3.25. The lowest BCUT2D eigenvalue weighted by Gasteiger charge is -2.35. The number of rotatable bonds is 5. The molecule has 136 valence electrons. The summed E-state index contributed by atoms with van der Waals surface area (Å²) in [6, 6.07) is 5.76. The van der Waals surface area contributed by atoms with Crippen LogP contribution in [0.3, 0.4) is 0 Å². The molecule has 0 radical (unpaired) electrons. The first kappa shape index (κ1) is 17.1. The van der Waals surface area contributed by atoms with Crippen molar-refractivity contribution in [1.82, 2.24) is 9.88 Å². The summed E-state index contributed by atoms with van der Waals surface area (Å²) in [5.74, 6) is 0.795. The number of pyridine rings is 1. The number of hydrogen-bond acceptors (Lipinski definition) is 6. The molecule has 26 heavy (non-hydrogen) atoms. The van der Waals surface area contributed by atoms with E-state index in [4.69, 9.17) is 9.15 Å². The first-order valence-electron chi connectivity index (χ1n) is 8.64. The second kappa shape index (κ2) is 6.74.